The van der Waals surface area contributed by atoms with Gasteiger partial charge >= 0.3 is 5.97 Å². The molecule has 1 N–H and O–H groups in total. The zero-order chi connectivity index (χ0) is 24.4. The molecule has 0 saturated heterocycles. The summed E-state index contributed by atoms with van der Waals surface area (Å²) in [7, 11) is -3.10. The first-order valence-electron chi connectivity index (χ1n) is 11.9. The molecule has 0 fully saturated rings. The van der Waals surface area contributed by atoms with Crippen LogP contribution in [-0.4, -0.2) is 11.1 Å². The van der Waals surface area contributed by atoms with E-state index in [1.54, 1.807) is 18.2 Å². The second kappa shape index (κ2) is 7.65. The maximum absolute atomic E-state index is 15.4. The first-order valence-corrected chi connectivity index (χ1v) is 13.7. The topological polar surface area (TPSA) is 54.4 Å². The fourth-order valence-corrected chi connectivity index (χ4v) is 9.41. The van der Waals surface area contributed by atoms with Gasteiger partial charge in [-0.15, -0.1) is 0 Å². The molecule has 7 rings (SSSR count). The van der Waals surface area contributed by atoms with Gasteiger partial charge < -0.3 is 9.67 Å². The number of carbonyl (C=O) groups is 1. The molecule has 1 aliphatic carbocycles. The molecule has 1 heterocycles. The third kappa shape index (κ3) is 2.87. The highest BCUT2D eigenvalue weighted by Crippen LogP contribution is 2.68. The zero-order valence-corrected chi connectivity index (χ0v) is 20.2. The predicted octanol–water partition coefficient (Wildman–Crippen LogP) is 6.96. The number of carboxylic acids is 1. The van der Waals surface area contributed by atoms with Crippen molar-refractivity contribution >= 4 is 45.4 Å². The first kappa shape index (κ1) is 21.1. The van der Waals surface area contributed by atoms with Crippen molar-refractivity contribution in [1.29, 1.82) is 0 Å². The molecule has 1 atom stereocenters. The summed E-state index contributed by atoms with van der Waals surface area (Å²) in [6.07, 6.45) is 0.708. The van der Waals surface area contributed by atoms with Gasteiger partial charge in [-0.05, 0) is 62.7 Å². The molecule has 0 radical (unpaired) electrons. The molecule has 36 heavy (non-hydrogen) atoms. The second-order valence-corrected chi connectivity index (χ2v) is 12.0. The number of rotatable bonds is 3. The summed E-state index contributed by atoms with van der Waals surface area (Å²) in [4.78, 5) is 11.5. The van der Waals surface area contributed by atoms with Gasteiger partial charge in [0.2, 0.25) is 0 Å². The smallest absolute Gasteiger partial charge is 0.335 e. The average Bonchev–Trinajstić information content (AvgIpc) is 3.43. The van der Waals surface area contributed by atoms with Crippen molar-refractivity contribution in [3.63, 3.8) is 0 Å². The lowest BCUT2D eigenvalue weighted by molar-refractivity contribution is 0.0697. The molecule has 2 aliphatic rings. The monoisotopic (exact) mass is 484 g/mol. The Kier molecular flexibility index (Phi) is 4.49. The van der Waals surface area contributed by atoms with E-state index in [2.05, 4.69) is 36.4 Å². The molecule has 0 saturated carbocycles. The maximum Gasteiger partial charge on any atom is 0.335 e. The van der Waals surface area contributed by atoms with Crippen LogP contribution in [0.4, 0.5) is 0 Å². The third-order valence-electron chi connectivity index (χ3n) is 7.43. The molecule has 4 heteroatoms. The van der Waals surface area contributed by atoms with Crippen LogP contribution in [0.3, 0.4) is 0 Å². The molecule has 3 nitrogen and oxygen atoms in total. The van der Waals surface area contributed by atoms with E-state index in [-0.39, 0.29) is 5.56 Å². The summed E-state index contributed by atoms with van der Waals surface area (Å²) in [5.41, 5.74) is 6.50. The molecule has 0 aromatic heterocycles. The Labute approximate surface area is 208 Å². The molecular weight excluding hydrogens is 463 g/mol. The Bertz CT molecular complexity index is 1810. The predicted molar refractivity (Wildman–Crippen MR) is 147 cm³/mol. The van der Waals surface area contributed by atoms with Crippen molar-refractivity contribution in [1.82, 2.24) is 0 Å². The summed E-state index contributed by atoms with van der Waals surface area (Å²) in [6.45, 7) is 0. The van der Waals surface area contributed by atoms with E-state index in [0.29, 0.717) is 6.42 Å². The van der Waals surface area contributed by atoms with E-state index in [0.717, 1.165) is 60.1 Å². The molecule has 172 valence electrons. The van der Waals surface area contributed by atoms with Crippen LogP contribution in [0, 0.1) is 0 Å². The highest BCUT2D eigenvalue weighted by molar-refractivity contribution is 7.89. The van der Waals surface area contributed by atoms with Crippen LogP contribution in [0.5, 0.6) is 0 Å². The van der Waals surface area contributed by atoms with Gasteiger partial charge in [0.25, 0.3) is 0 Å². The van der Waals surface area contributed by atoms with Gasteiger partial charge in [-0.3, -0.25) is 0 Å². The lowest BCUT2D eigenvalue weighted by Gasteiger charge is -2.21. The van der Waals surface area contributed by atoms with Crippen molar-refractivity contribution in [3.8, 4) is 11.1 Å². The van der Waals surface area contributed by atoms with Gasteiger partial charge in [-0.25, -0.2) is 4.79 Å². The van der Waals surface area contributed by atoms with E-state index in [9.17, 15) is 9.90 Å². The van der Waals surface area contributed by atoms with Gasteiger partial charge in [0.05, 0.1) is 5.56 Å². The van der Waals surface area contributed by atoms with Gasteiger partial charge in [0.1, 0.15) is 0 Å². The Morgan fingerprint density at radius 1 is 0.722 bits per heavy atom. The minimum atomic E-state index is -3.10. The van der Waals surface area contributed by atoms with E-state index < -0.39 is 13.1 Å². The first-order chi connectivity index (χ1) is 17.6. The lowest BCUT2D eigenvalue weighted by Crippen LogP contribution is -2.17. The highest BCUT2D eigenvalue weighted by Gasteiger charge is 2.47. The molecular formula is C32H21O3P. The molecule has 1 aliphatic heterocycles. The largest absolute Gasteiger partial charge is 0.478 e. The fraction of sp³-hybridized carbons (Fsp3) is 0.0312. The van der Waals surface area contributed by atoms with Gasteiger partial charge in [0.15, 0.2) is 7.14 Å². The van der Waals surface area contributed by atoms with Crippen LogP contribution in [0.15, 0.2) is 109 Å². The number of hydrogen-bond acceptors (Lipinski definition) is 2. The SMILES string of the molecule is O=C(O)c1cccc(-c2ccc3c(c2)CC2=C3P(=O)(c3ccccc3)c3c2ccc2ccccc32)c1. The van der Waals surface area contributed by atoms with E-state index in [1.165, 1.54) is 0 Å². The molecule has 0 spiro atoms. The molecule has 1 unspecified atom stereocenters. The number of fused-ring (bicyclic) bond motifs is 6. The second-order valence-electron chi connectivity index (χ2n) is 9.39. The number of benzene rings is 5. The van der Waals surface area contributed by atoms with Crippen LogP contribution >= 0.6 is 7.14 Å². The molecule has 0 amide bonds. The minimum absolute atomic E-state index is 0.267. The Balaban J connectivity index is 1.44. The van der Waals surface area contributed by atoms with Crippen LogP contribution in [0.1, 0.15) is 27.0 Å². The Hall–Kier alpha value is -4.20. The van der Waals surface area contributed by atoms with Crippen LogP contribution < -0.4 is 10.6 Å². The van der Waals surface area contributed by atoms with Crippen molar-refractivity contribution < 1.29 is 14.5 Å². The van der Waals surface area contributed by atoms with E-state index >= 15 is 4.57 Å². The average molecular weight is 484 g/mol. The summed E-state index contributed by atoms with van der Waals surface area (Å²) in [5, 5.41) is 14.3. The van der Waals surface area contributed by atoms with E-state index in [4.69, 9.17) is 0 Å². The molecule has 0 bridgehead atoms. The quantitative estimate of drug-likeness (QED) is 0.282. The fourth-order valence-electron chi connectivity index (χ4n) is 5.85. The normalized spacial score (nSPS) is 17.7. The Morgan fingerprint density at radius 2 is 1.47 bits per heavy atom. The van der Waals surface area contributed by atoms with Crippen LogP contribution in [0.2, 0.25) is 0 Å². The standard InChI is InChI=1S/C32H21O3P/c33-32(34)23-9-6-8-21(17-23)22-14-15-27-24(18-22)19-29-28-16-13-20-7-4-5-12-26(20)30(28)36(35,31(27)29)25-10-2-1-3-11-25/h1-18H,19H2,(H,33,34). The zero-order valence-electron chi connectivity index (χ0n) is 19.3. The van der Waals surface area contributed by atoms with Gasteiger partial charge in [-0.2, -0.15) is 0 Å². The van der Waals surface area contributed by atoms with Crippen molar-refractivity contribution in [2.24, 2.45) is 0 Å². The number of carboxylic acid groups (broad SMARTS) is 1. The summed E-state index contributed by atoms with van der Waals surface area (Å²) < 4.78 is 15.4. The van der Waals surface area contributed by atoms with Crippen molar-refractivity contribution in [2.75, 3.05) is 0 Å². The van der Waals surface area contributed by atoms with Crippen molar-refractivity contribution in [3.05, 3.63) is 131 Å². The third-order valence-corrected chi connectivity index (χ3v) is 10.7. The number of hydrogen-bond donors (Lipinski definition) is 1. The lowest BCUT2D eigenvalue weighted by atomic mass is 9.97. The summed E-state index contributed by atoms with van der Waals surface area (Å²) in [6, 6.07) is 35.6. The van der Waals surface area contributed by atoms with Crippen LogP contribution in [-0.2, 0) is 11.0 Å². The summed E-state index contributed by atoms with van der Waals surface area (Å²) in [5.74, 6) is -0.939. The number of aromatic carboxylic acids is 1. The highest BCUT2D eigenvalue weighted by atomic mass is 31.2. The molecule has 5 aromatic carbocycles. The van der Waals surface area contributed by atoms with Crippen molar-refractivity contribution in [2.45, 2.75) is 6.42 Å². The van der Waals surface area contributed by atoms with Gasteiger partial charge in [-0.1, -0.05) is 97.1 Å². The summed E-state index contributed by atoms with van der Waals surface area (Å²) >= 11 is 0. The van der Waals surface area contributed by atoms with Crippen LogP contribution in [0.25, 0.3) is 32.8 Å². The number of allylic oxidation sites excluding steroid dienone is 1. The van der Waals surface area contributed by atoms with Gasteiger partial charge in [0, 0.05) is 15.9 Å². The Morgan fingerprint density at radius 3 is 2.31 bits per heavy atom. The minimum Gasteiger partial charge on any atom is -0.478 e. The molecule has 5 aromatic rings. The van der Waals surface area contributed by atoms with E-state index in [1.807, 2.05) is 54.6 Å². The maximum atomic E-state index is 15.4.